The predicted octanol–water partition coefficient (Wildman–Crippen LogP) is 3.99. The third-order valence-corrected chi connectivity index (χ3v) is 4.29. The highest BCUT2D eigenvalue weighted by Crippen LogP contribution is 2.38. The van der Waals surface area contributed by atoms with Crippen LogP contribution in [0.25, 0.3) is 0 Å². The minimum Gasteiger partial charge on any atom is -0.316 e. The standard InChI is InChI=1S/C18H20FN/c1-13-6-8-14(9-7-13)17-12-20-11-10-15(17)16-4-2-3-5-18(16)19/h2-9,15,17,20H,10-12H2,1H3. The highest BCUT2D eigenvalue weighted by Gasteiger charge is 2.29. The second-order valence-electron chi connectivity index (χ2n) is 5.64. The van der Waals surface area contributed by atoms with Crippen molar-refractivity contribution < 1.29 is 4.39 Å². The van der Waals surface area contributed by atoms with Crippen molar-refractivity contribution in [1.29, 1.82) is 0 Å². The first-order valence-electron chi connectivity index (χ1n) is 7.27. The van der Waals surface area contributed by atoms with E-state index in [-0.39, 0.29) is 11.7 Å². The van der Waals surface area contributed by atoms with Gasteiger partial charge in [0.05, 0.1) is 0 Å². The number of nitrogens with one attached hydrogen (secondary N) is 1. The van der Waals surface area contributed by atoms with Crippen LogP contribution in [0.2, 0.25) is 0 Å². The Labute approximate surface area is 119 Å². The Morgan fingerprint density at radius 2 is 1.75 bits per heavy atom. The van der Waals surface area contributed by atoms with Gasteiger partial charge in [0.15, 0.2) is 0 Å². The average molecular weight is 269 g/mol. The molecule has 1 N–H and O–H groups in total. The maximum absolute atomic E-state index is 14.1. The van der Waals surface area contributed by atoms with Crippen LogP contribution in [0.15, 0.2) is 48.5 Å². The Kier molecular flexibility index (Phi) is 3.83. The van der Waals surface area contributed by atoms with Crippen LogP contribution in [0.4, 0.5) is 4.39 Å². The molecule has 0 bridgehead atoms. The Bertz CT molecular complexity index is 576. The fourth-order valence-electron chi connectivity index (χ4n) is 3.17. The smallest absolute Gasteiger partial charge is 0.126 e. The first-order chi connectivity index (χ1) is 9.75. The van der Waals surface area contributed by atoms with E-state index in [0.29, 0.717) is 5.92 Å². The number of piperidine rings is 1. The maximum Gasteiger partial charge on any atom is 0.126 e. The number of hydrogen-bond donors (Lipinski definition) is 1. The van der Waals surface area contributed by atoms with Crippen molar-refractivity contribution in [3.8, 4) is 0 Å². The fourth-order valence-corrected chi connectivity index (χ4v) is 3.17. The molecular weight excluding hydrogens is 249 g/mol. The summed E-state index contributed by atoms with van der Waals surface area (Å²) in [5.41, 5.74) is 3.43. The van der Waals surface area contributed by atoms with E-state index in [2.05, 4.69) is 36.5 Å². The van der Waals surface area contributed by atoms with Gasteiger partial charge in [0.2, 0.25) is 0 Å². The van der Waals surface area contributed by atoms with Gasteiger partial charge in [-0.05, 0) is 43.0 Å². The molecule has 0 saturated carbocycles. The van der Waals surface area contributed by atoms with Gasteiger partial charge in [-0.3, -0.25) is 0 Å². The van der Waals surface area contributed by atoms with Gasteiger partial charge < -0.3 is 5.32 Å². The minimum atomic E-state index is -0.0727. The lowest BCUT2D eigenvalue weighted by molar-refractivity contribution is 0.393. The molecule has 1 aliphatic heterocycles. The van der Waals surface area contributed by atoms with Gasteiger partial charge in [-0.15, -0.1) is 0 Å². The highest BCUT2D eigenvalue weighted by atomic mass is 19.1. The molecule has 2 heteroatoms. The first kappa shape index (κ1) is 13.3. The largest absolute Gasteiger partial charge is 0.316 e. The molecule has 20 heavy (non-hydrogen) atoms. The molecule has 2 aromatic rings. The van der Waals surface area contributed by atoms with Crippen molar-refractivity contribution in [1.82, 2.24) is 5.32 Å². The molecule has 3 rings (SSSR count). The number of hydrogen-bond acceptors (Lipinski definition) is 1. The molecule has 0 aromatic heterocycles. The summed E-state index contributed by atoms with van der Waals surface area (Å²) in [7, 11) is 0. The van der Waals surface area contributed by atoms with Crippen LogP contribution in [0.3, 0.4) is 0 Å². The molecule has 104 valence electrons. The summed E-state index contributed by atoms with van der Waals surface area (Å²) in [6.45, 7) is 3.97. The zero-order valence-corrected chi connectivity index (χ0v) is 11.8. The normalized spacial score (nSPS) is 22.7. The Morgan fingerprint density at radius 3 is 2.50 bits per heavy atom. The predicted molar refractivity (Wildman–Crippen MR) is 80.5 cm³/mol. The molecule has 1 saturated heterocycles. The fraction of sp³-hybridized carbons (Fsp3) is 0.333. The van der Waals surface area contributed by atoms with E-state index >= 15 is 0 Å². The van der Waals surface area contributed by atoms with E-state index in [4.69, 9.17) is 0 Å². The average Bonchev–Trinajstić information content (AvgIpc) is 2.49. The Morgan fingerprint density at radius 1 is 1.00 bits per heavy atom. The summed E-state index contributed by atoms with van der Waals surface area (Å²) in [6.07, 6.45) is 0.986. The van der Waals surface area contributed by atoms with E-state index in [1.165, 1.54) is 11.1 Å². The van der Waals surface area contributed by atoms with Gasteiger partial charge in [0.1, 0.15) is 5.82 Å². The van der Waals surface area contributed by atoms with Crippen LogP contribution in [0.5, 0.6) is 0 Å². The maximum atomic E-state index is 14.1. The molecule has 2 atom stereocenters. The minimum absolute atomic E-state index is 0.0727. The second kappa shape index (κ2) is 5.76. The molecule has 1 aliphatic rings. The van der Waals surface area contributed by atoms with E-state index < -0.39 is 0 Å². The Balaban J connectivity index is 1.95. The van der Waals surface area contributed by atoms with Crippen molar-refractivity contribution in [2.24, 2.45) is 0 Å². The number of rotatable bonds is 2. The van der Waals surface area contributed by atoms with Crippen molar-refractivity contribution in [3.05, 3.63) is 71.0 Å². The summed E-state index contributed by atoms with van der Waals surface area (Å²) >= 11 is 0. The van der Waals surface area contributed by atoms with Crippen LogP contribution >= 0.6 is 0 Å². The summed E-state index contributed by atoms with van der Waals surface area (Å²) in [5, 5.41) is 3.44. The van der Waals surface area contributed by atoms with E-state index in [0.717, 1.165) is 25.1 Å². The summed E-state index contributed by atoms with van der Waals surface area (Å²) in [6, 6.07) is 15.9. The topological polar surface area (TPSA) is 12.0 Å². The van der Waals surface area contributed by atoms with Crippen LogP contribution < -0.4 is 5.32 Å². The molecule has 0 aliphatic carbocycles. The van der Waals surface area contributed by atoms with Crippen molar-refractivity contribution >= 4 is 0 Å². The van der Waals surface area contributed by atoms with Gasteiger partial charge in [-0.25, -0.2) is 4.39 Å². The lowest BCUT2D eigenvalue weighted by Crippen LogP contribution is -2.34. The second-order valence-corrected chi connectivity index (χ2v) is 5.64. The van der Waals surface area contributed by atoms with Gasteiger partial charge >= 0.3 is 0 Å². The van der Waals surface area contributed by atoms with E-state index in [1.54, 1.807) is 12.1 Å². The molecule has 2 unspecified atom stereocenters. The van der Waals surface area contributed by atoms with Crippen LogP contribution in [-0.4, -0.2) is 13.1 Å². The van der Waals surface area contributed by atoms with Gasteiger partial charge in [-0.2, -0.15) is 0 Å². The van der Waals surface area contributed by atoms with Gasteiger partial charge in [-0.1, -0.05) is 48.0 Å². The van der Waals surface area contributed by atoms with Gasteiger partial charge in [0.25, 0.3) is 0 Å². The number of aryl methyl sites for hydroxylation is 1. The first-order valence-corrected chi connectivity index (χ1v) is 7.27. The van der Waals surface area contributed by atoms with Crippen molar-refractivity contribution in [2.45, 2.75) is 25.2 Å². The van der Waals surface area contributed by atoms with E-state index in [9.17, 15) is 4.39 Å². The molecule has 1 heterocycles. The van der Waals surface area contributed by atoms with Crippen molar-refractivity contribution in [3.63, 3.8) is 0 Å². The van der Waals surface area contributed by atoms with Crippen LogP contribution in [0, 0.1) is 12.7 Å². The third-order valence-electron chi connectivity index (χ3n) is 4.29. The monoisotopic (exact) mass is 269 g/mol. The zero-order valence-electron chi connectivity index (χ0n) is 11.8. The summed E-state index contributed by atoms with van der Waals surface area (Å²) < 4.78 is 14.1. The summed E-state index contributed by atoms with van der Waals surface area (Å²) in [5.74, 6) is 0.540. The van der Waals surface area contributed by atoms with E-state index in [1.807, 2.05) is 12.1 Å². The molecule has 1 nitrogen and oxygen atoms in total. The third kappa shape index (κ3) is 2.61. The zero-order chi connectivity index (χ0) is 13.9. The van der Waals surface area contributed by atoms with Gasteiger partial charge in [0, 0.05) is 12.5 Å². The highest BCUT2D eigenvalue weighted by molar-refractivity contribution is 5.32. The quantitative estimate of drug-likeness (QED) is 0.869. The Hall–Kier alpha value is -1.67. The van der Waals surface area contributed by atoms with Crippen molar-refractivity contribution in [2.75, 3.05) is 13.1 Å². The lowest BCUT2D eigenvalue weighted by atomic mass is 9.77. The molecule has 0 spiro atoms. The van der Waals surface area contributed by atoms with Crippen LogP contribution in [0.1, 0.15) is 34.9 Å². The lowest BCUT2D eigenvalue weighted by Gasteiger charge is -2.33. The summed E-state index contributed by atoms with van der Waals surface area (Å²) in [4.78, 5) is 0. The number of halogens is 1. The van der Waals surface area contributed by atoms with Crippen LogP contribution in [-0.2, 0) is 0 Å². The number of benzene rings is 2. The SMILES string of the molecule is Cc1ccc(C2CNCCC2c2ccccc2F)cc1. The molecule has 0 radical (unpaired) electrons. The molecular formula is C18H20FN. The molecule has 1 fully saturated rings. The molecule has 0 amide bonds. The molecule has 2 aromatic carbocycles.